The highest BCUT2D eigenvalue weighted by molar-refractivity contribution is 7.89. The van der Waals surface area contributed by atoms with Crippen LogP contribution >= 0.6 is 0 Å². The molecule has 0 unspecified atom stereocenters. The molecule has 0 aliphatic carbocycles. The average Bonchev–Trinajstić information content (AvgIpc) is 2.52. The molecule has 0 atom stereocenters. The molecular formula is C18H28N2O6S. The van der Waals surface area contributed by atoms with Crippen LogP contribution in [0.5, 0.6) is 0 Å². The van der Waals surface area contributed by atoms with Crippen LogP contribution in [-0.2, 0) is 24.3 Å². The molecule has 0 spiro atoms. The molecule has 0 aromatic heterocycles. The van der Waals surface area contributed by atoms with Gasteiger partial charge in [0.2, 0.25) is 10.0 Å². The van der Waals surface area contributed by atoms with Gasteiger partial charge < -0.3 is 14.8 Å². The van der Waals surface area contributed by atoms with Crippen molar-refractivity contribution in [1.29, 1.82) is 0 Å². The Kier molecular flexibility index (Phi) is 8.23. The number of nitrogens with zero attached hydrogens (tertiary/aromatic N) is 1. The van der Waals surface area contributed by atoms with Crippen molar-refractivity contribution in [3.8, 4) is 0 Å². The zero-order valence-corrected chi connectivity index (χ0v) is 17.3. The molecule has 8 nitrogen and oxygen atoms in total. The first-order valence-electron chi connectivity index (χ1n) is 8.65. The van der Waals surface area contributed by atoms with Crippen molar-refractivity contribution in [2.75, 3.05) is 26.2 Å². The van der Waals surface area contributed by atoms with Crippen LogP contribution in [0.2, 0.25) is 0 Å². The Hall–Kier alpha value is -2.13. The van der Waals surface area contributed by atoms with Crippen molar-refractivity contribution in [2.24, 2.45) is 0 Å². The van der Waals surface area contributed by atoms with Gasteiger partial charge in [0.1, 0.15) is 12.1 Å². The summed E-state index contributed by atoms with van der Waals surface area (Å²) in [6, 6.07) is 6.30. The van der Waals surface area contributed by atoms with E-state index in [0.717, 1.165) is 9.87 Å². The van der Waals surface area contributed by atoms with Gasteiger partial charge in [-0.25, -0.2) is 13.2 Å². The first-order valence-corrected chi connectivity index (χ1v) is 10.1. The van der Waals surface area contributed by atoms with Gasteiger partial charge in [-0.2, -0.15) is 4.31 Å². The van der Waals surface area contributed by atoms with Crippen LogP contribution in [0.25, 0.3) is 0 Å². The van der Waals surface area contributed by atoms with Crippen molar-refractivity contribution in [3.63, 3.8) is 0 Å². The summed E-state index contributed by atoms with van der Waals surface area (Å²) in [5, 5.41) is 2.49. The van der Waals surface area contributed by atoms with Crippen molar-refractivity contribution < 1.29 is 27.5 Å². The maximum atomic E-state index is 12.9. The molecular weight excluding hydrogens is 372 g/mol. The highest BCUT2D eigenvalue weighted by Gasteiger charge is 2.27. The molecule has 1 aromatic rings. The number of amides is 1. The molecule has 0 saturated heterocycles. The van der Waals surface area contributed by atoms with Gasteiger partial charge in [-0.15, -0.1) is 0 Å². The fraction of sp³-hybridized carbons (Fsp3) is 0.556. The number of nitrogens with one attached hydrogen (secondary N) is 1. The molecule has 152 valence electrons. The van der Waals surface area contributed by atoms with Gasteiger partial charge in [-0.05, 0) is 46.8 Å². The van der Waals surface area contributed by atoms with Crippen LogP contribution in [-0.4, -0.2) is 56.6 Å². The van der Waals surface area contributed by atoms with Gasteiger partial charge in [-0.1, -0.05) is 17.7 Å². The molecule has 27 heavy (non-hydrogen) atoms. The summed E-state index contributed by atoms with van der Waals surface area (Å²) < 4.78 is 36.7. The molecule has 0 saturated carbocycles. The Bertz CT molecular complexity index is 738. The lowest BCUT2D eigenvalue weighted by molar-refractivity contribution is -0.143. The Morgan fingerprint density at radius 2 is 1.74 bits per heavy atom. The molecule has 1 rings (SSSR count). The number of hydrogen-bond acceptors (Lipinski definition) is 6. The van der Waals surface area contributed by atoms with Gasteiger partial charge in [0.05, 0.1) is 11.5 Å². The predicted molar refractivity (Wildman–Crippen MR) is 101 cm³/mol. The maximum absolute atomic E-state index is 12.9. The number of sulfonamides is 1. The molecule has 1 amide bonds. The lowest BCUT2D eigenvalue weighted by Crippen LogP contribution is -2.42. The number of esters is 1. The summed E-state index contributed by atoms with van der Waals surface area (Å²) in [6.45, 7) is 8.24. The second-order valence-corrected chi connectivity index (χ2v) is 8.82. The molecule has 0 aliphatic heterocycles. The Morgan fingerprint density at radius 1 is 1.15 bits per heavy atom. The SMILES string of the molecule is CCOC(=O)CN(CCNC(=O)OC(C)(C)C)S(=O)(=O)c1ccc(C)cc1. The van der Waals surface area contributed by atoms with Crippen molar-refractivity contribution in [3.05, 3.63) is 29.8 Å². The Labute approximate surface area is 160 Å². The summed E-state index contributed by atoms with van der Waals surface area (Å²) in [7, 11) is -3.92. The molecule has 1 aromatic carbocycles. The minimum absolute atomic E-state index is 0.0145. The summed E-state index contributed by atoms with van der Waals surface area (Å²) in [4.78, 5) is 23.6. The minimum Gasteiger partial charge on any atom is -0.465 e. The molecule has 0 heterocycles. The van der Waals surface area contributed by atoms with Crippen molar-refractivity contribution >= 4 is 22.1 Å². The van der Waals surface area contributed by atoms with E-state index in [1.807, 2.05) is 6.92 Å². The van der Waals surface area contributed by atoms with E-state index in [1.165, 1.54) is 12.1 Å². The summed E-state index contributed by atoms with van der Waals surface area (Å²) in [5.41, 5.74) is 0.250. The number of benzene rings is 1. The number of rotatable bonds is 8. The van der Waals surface area contributed by atoms with Crippen LogP contribution in [0.4, 0.5) is 4.79 Å². The molecule has 9 heteroatoms. The second kappa shape index (κ2) is 9.70. The summed E-state index contributed by atoms with van der Waals surface area (Å²) in [6.07, 6.45) is -0.661. The number of hydrogen-bond donors (Lipinski definition) is 1. The standard InChI is InChI=1S/C18H28N2O6S/c1-6-25-16(21)13-20(12-11-19-17(22)26-18(3,4)5)27(23,24)15-9-7-14(2)8-10-15/h7-10H,6,11-13H2,1-5H3,(H,19,22). The van der Waals surface area contributed by atoms with Crippen molar-refractivity contribution in [2.45, 2.75) is 45.1 Å². The first-order chi connectivity index (χ1) is 12.5. The molecule has 0 aliphatic rings. The highest BCUT2D eigenvalue weighted by atomic mass is 32.2. The quantitative estimate of drug-likeness (QED) is 0.670. The maximum Gasteiger partial charge on any atom is 0.407 e. The molecule has 0 fully saturated rings. The van der Waals surface area contributed by atoms with Gasteiger partial charge in [0.25, 0.3) is 0 Å². The third-order valence-electron chi connectivity index (χ3n) is 3.30. The van der Waals surface area contributed by atoms with Crippen LogP contribution < -0.4 is 5.32 Å². The van der Waals surface area contributed by atoms with E-state index in [-0.39, 0.29) is 24.6 Å². The van der Waals surface area contributed by atoms with E-state index >= 15 is 0 Å². The van der Waals surface area contributed by atoms with Gasteiger partial charge in [-0.3, -0.25) is 4.79 Å². The average molecular weight is 400 g/mol. The van der Waals surface area contributed by atoms with Crippen LogP contribution in [0.3, 0.4) is 0 Å². The Balaban J connectivity index is 2.88. The normalized spacial score (nSPS) is 11.9. The van der Waals surface area contributed by atoms with E-state index in [0.29, 0.717) is 0 Å². The largest absolute Gasteiger partial charge is 0.465 e. The Morgan fingerprint density at radius 3 is 2.26 bits per heavy atom. The second-order valence-electron chi connectivity index (χ2n) is 6.89. The highest BCUT2D eigenvalue weighted by Crippen LogP contribution is 2.16. The van der Waals surface area contributed by atoms with Gasteiger partial charge in [0, 0.05) is 13.1 Å². The number of alkyl carbamates (subject to hydrolysis) is 1. The minimum atomic E-state index is -3.92. The summed E-state index contributed by atoms with van der Waals surface area (Å²) >= 11 is 0. The third-order valence-corrected chi connectivity index (χ3v) is 5.16. The number of ether oxygens (including phenoxy) is 2. The number of carbonyl (C=O) groups excluding carboxylic acids is 2. The number of carbonyl (C=O) groups is 2. The first kappa shape index (κ1) is 22.9. The van der Waals surface area contributed by atoms with E-state index < -0.39 is 34.2 Å². The predicted octanol–water partition coefficient (Wildman–Crippen LogP) is 2.07. The summed E-state index contributed by atoms with van der Waals surface area (Å²) in [5.74, 6) is -0.662. The lowest BCUT2D eigenvalue weighted by atomic mass is 10.2. The van der Waals surface area contributed by atoms with Crippen LogP contribution in [0.1, 0.15) is 33.3 Å². The van der Waals surface area contributed by atoms with Crippen LogP contribution in [0, 0.1) is 6.92 Å². The van der Waals surface area contributed by atoms with Gasteiger partial charge in [0.15, 0.2) is 0 Å². The molecule has 0 radical (unpaired) electrons. The van der Waals surface area contributed by atoms with E-state index in [9.17, 15) is 18.0 Å². The van der Waals surface area contributed by atoms with E-state index in [1.54, 1.807) is 39.8 Å². The zero-order chi connectivity index (χ0) is 20.7. The zero-order valence-electron chi connectivity index (χ0n) is 16.4. The number of aryl methyl sites for hydroxylation is 1. The van der Waals surface area contributed by atoms with Crippen LogP contribution in [0.15, 0.2) is 29.2 Å². The molecule has 0 bridgehead atoms. The third kappa shape index (κ3) is 7.96. The van der Waals surface area contributed by atoms with Gasteiger partial charge >= 0.3 is 12.1 Å². The fourth-order valence-electron chi connectivity index (χ4n) is 2.09. The van der Waals surface area contributed by atoms with E-state index in [2.05, 4.69) is 5.32 Å². The fourth-order valence-corrected chi connectivity index (χ4v) is 3.48. The van der Waals surface area contributed by atoms with E-state index in [4.69, 9.17) is 9.47 Å². The smallest absolute Gasteiger partial charge is 0.407 e. The molecule has 1 N–H and O–H groups in total. The monoisotopic (exact) mass is 400 g/mol. The lowest BCUT2D eigenvalue weighted by Gasteiger charge is -2.23. The topological polar surface area (TPSA) is 102 Å². The van der Waals surface area contributed by atoms with Crippen molar-refractivity contribution in [1.82, 2.24) is 9.62 Å².